The van der Waals surface area contributed by atoms with Gasteiger partial charge in [0.1, 0.15) is 44.7 Å². The maximum Gasteiger partial charge on any atom is 0.318 e. The Hall–Kier alpha value is -2.17. The monoisotopic (exact) mass is 394 g/mol. The Balaban J connectivity index is 1.34. The van der Waals surface area contributed by atoms with Crippen molar-refractivity contribution in [3.05, 3.63) is 71.8 Å². The van der Waals surface area contributed by atoms with Crippen LogP contribution in [0.1, 0.15) is 42.7 Å². The molecule has 2 heterocycles. The molecule has 2 aliphatic rings. The summed E-state index contributed by atoms with van der Waals surface area (Å²) in [7, 11) is 0. The van der Waals surface area contributed by atoms with E-state index in [0.29, 0.717) is 6.61 Å². The number of ether oxygens (including phenoxy) is 1. The van der Waals surface area contributed by atoms with Crippen molar-refractivity contribution in [1.29, 1.82) is 0 Å². The SMILES string of the molecule is O=C(OCC[NH+]1CC[NH+]2CCCCCC2C1)C(c1ccccc1)c1ccccc1. The maximum atomic E-state index is 13.0. The molecule has 29 heavy (non-hydrogen) atoms. The molecule has 4 nitrogen and oxygen atoms in total. The van der Waals surface area contributed by atoms with Gasteiger partial charge in [-0.25, -0.2) is 0 Å². The van der Waals surface area contributed by atoms with E-state index in [0.717, 1.165) is 23.7 Å². The number of hydrogen-bond acceptors (Lipinski definition) is 2. The van der Waals surface area contributed by atoms with Crippen LogP contribution in [0.5, 0.6) is 0 Å². The number of hydrogen-bond donors (Lipinski definition) is 2. The van der Waals surface area contributed by atoms with E-state index in [1.165, 1.54) is 51.9 Å². The van der Waals surface area contributed by atoms with Gasteiger partial charge >= 0.3 is 5.97 Å². The third-order valence-electron chi connectivity index (χ3n) is 6.66. The molecule has 2 aliphatic heterocycles. The van der Waals surface area contributed by atoms with Gasteiger partial charge in [-0.05, 0) is 30.4 Å². The van der Waals surface area contributed by atoms with Gasteiger partial charge in [-0.2, -0.15) is 0 Å². The van der Waals surface area contributed by atoms with Crippen molar-refractivity contribution in [3.63, 3.8) is 0 Å². The predicted molar refractivity (Wildman–Crippen MR) is 114 cm³/mol. The molecule has 0 radical (unpaired) electrons. The summed E-state index contributed by atoms with van der Waals surface area (Å²) >= 11 is 0. The van der Waals surface area contributed by atoms with Gasteiger partial charge in [0.25, 0.3) is 0 Å². The number of esters is 1. The summed E-state index contributed by atoms with van der Waals surface area (Å²) < 4.78 is 5.81. The highest BCUT2D eigenvalue weighted by Gasteiger charge is 2.34. The molecule has 0 saturated carbocycles. The lowest BCUT2D eigenvalue weighted by molar-refractivity contribution is -1.03. The molecule has 3 atom stereocenters. The number of carbonyl (C=O) groups is 1. The molecule has 154 valence electrons. The summed E-state index contributed by atoms with van der Waals surface area (Å²) in [5.41, 5.74) is 1.98. The fourth-order valence-corrected chi connectivity index (χ4v) is 5.05. The van der Waals surface area contributed by atoms with E-state index < -0.39 is 0 Å². The summed E-state index contributed by atoms with van der Waals surface area (Å²) in [6.45, 7) is 6.48. The lowest BCUT2D eigenvalue weighted by atomic mass is 9.91. The molecule has 2 saturated heterocycles. The minimum absolute atomic E-state index is 0.138. The van der Waals surface area contributed by atoms with Crippen molar-refractivity contribution in [3.8, 4) is 0 Å². The Labute approximate surface area is 174 Å². The number of piperazine rings is 1. The molecular formula is C25H34N2O2+2. The zero-order chi connectivity index (χ0) is 19.9. The van der Waals surface area contributed by atoms with Crippen molar-refractivity contribution < 1.29 is 19.3 Å². The molecule has 0 aromatic heterocycles. The fourth-order valence-electron chi connectivity index (χ4n) is 5.05. The summed E-state index contributed by atoms with van der Waals surface area (Å²) in [5, 5.41) is 0. The number of benzene rings is 2. The predicted octanol–water partition coefficient (Wildman–Crippen LogP) is 1.09. The Morgan fingerprint density at radius 3 is 2.28 bits per heavy atom. The first-order chi connectivity index (χ1) is 14.3. The first kappa shape index (κ1) is 20.1. The molecule has 2 aromatic carbocycles. The number of fused-ring (bicyclic) bond motifs is 1. The van der Waals surface area contributed by atoms with Gasteiger partial charge in [0, 0.05) is 6.42 Å². The summed E-state index contributed by atoms with van der Waals surface area (Å²) in [6.07, 6.45) is 5.53. The highest BCUT2D eigenvalue weighted by atomic mass is 16.5. The normalized spacial score (nSPS) is 24.5. The van der Waals surface area contributed by atoms with Crippen LogP contribution in [0.2, 0.25) is 0 Å². The van der Waals surface area contributed by atoms with Gasteiger partial charge in [0.2, 0.25) is 0 Å². The van der Waals surface area contributed by atoms with E-state index in [1.54, 1.807) is 4.90 Å². The lowest BCUT2D eigenvalue weighted by Crippen LogP contribution is -3.30. The van der Waals surface area contributed by atoms with Crippen molar-refractivity contribution in [1.82, 2.24) is 0 Å². The Kier molecular flexibility index (Phi) is 6.96. The van der Waals surface area contributed by atoms with Gasteiger partial charge in [-0.15, -0.1) is 0 Å². The number of nitrogens with one attached hydrogen (secondary N) is 2. The topological polar surface area (TPSA) is 35.2 Å². The van der Waals surface area contributed by atoms with E-state index in [1.807, 2.05) is 65.6 Å². The van der Waals surface area contributed by atoms with E-state index in [-0.39, 0.29) is 11.9 Å². The second-order valence-corrected chi connectivity index (χ2v) is 8.58. The van der Waals surface area contributed by atoms with Crippen LogP contribution in [0.3, 0.4) is 0 Å². The minimum atomic E-state index is -0.351. The van der Waals surface area contributed by atoms with Gasteiger partial charge in [0.15, 0.2) is 0 Å². The molecule has 3 unspecified atom stereocenters. The van der Waals surface area contributed by atoms with Crippen LogP contribution >= 0.6 is 0 Å². The zero-order valence-corrected chi connectivity index (χ0v) is 17.3. The molecule has 0 amide bonds. The van der Waals surface area contributed by atoms with Crippen LogP contribution in [0.15, 0.2) is 60.7 Å². The maximum absolute atomic E-state index is 13.0. The molecule has 2 N–H and O–H groups in total. The highest BCUT2D eigenvalue weighted by molar-refractivity contribution is 5.82. The van der Waals surface area contributed by atoms with Crippen LogP contribution in [0.25, 0.3) is 0 Å². The smallest absolute Gasteiger partial charge is 0.318 e. The van der Waals surface area contributed by atoms with Crippen LogP contribution in [-0.2, 0) is 9.53 Å². The second-order valence-electron chi connectivity index (χ2n) is 8.58. The first-order valence-electron chi connectivity index (χ1n) is 11.3. The van der Waals surface area contributed by atoms with Crippen LogP contribution < -0.4 is 9.80 Å². The highest BCUT2D eigenvalue weighted by Crippen LogP contribution is 2.25. The minimum Gasteiger partial charge on any atom is -0.459 e. The summed E-state index contributed by atoms with van der Waals surface area (Å²) in [6, 6.07) is 20.7. The second kappa shape index (κ2) is 10.0. The fraction of sp³-hybridized carbons (Fsp3) is 0.480. The van der Waals surface area contributed by atoms with Crippen LogP contribution in [-0.4, -0.2) is 51.3 Å². The van der Waals surface area contributed by atoms with Gasteiger partial charge < -0.3 is 14.5 Å². The van der Waals surface area contributed by atoms with Gasteiger partial charge in [-0.1, -0.05) is 60.7 Å². The molecule has 4 rings (SSSR count). The Morgan fingerprint density at radius 2 is 1.59 bits per heavy atom. The van der Waals surface area contributed by atoms with Gasteiger partial charge in [0.05, 0.1) is 6.54 Å². The van der Waals surface area contributed by atoms with E-state index in [2.05, 4.69) is 0 Å². The standard InChI is InChI=1S/C25H32N2O2/c28-25(24(21-10-4-1-5-11-21)22-12-6-2-7-13-22)29-19-18-26-16-17-27-15-9-3-8-14-23(27)20-26/h1-2,4-7,10-13,23-24H,3,8-9,14-20H2/p+2. The third-order valence-corrected chi connectivity index (χ3v) is 6.66. The third kappa shape index (κ3) is 5.26. The lowest BCUT2D eigenvalue weighted by Gasteiger charge is -2.35. The van der Waals surface area contributed by atoms with E-state index >= 15 is 0 Å². The quantitative estimate of drug-likeness (QED) is 0.720. The average Bonchev–Trinajstić information content (AvgIpc) is 3.00. The largest absolute Gasteiger partial charge is 0.459 e. The van der Waals surface area contributed by atoms with Crippen LogP contribution in [0, 0.1) is 0 Å². The summed E-state index contributed by atoms with van der Waals surface area (Å²) in [4.78, 5) is 16.4. The van der Waals surface area contributed by atoms with Crippen molar-refractivity contribution >= 4 is 5.97 Å². The van der Waals surface area contributed by atoms with Crippen molar-refractivity contribution in [2.24, 2.45) is 0 Å². The number of quaternary nitrogens is 2. The molecule has 0 bridgehead atoms. The number of rotatable bonds is 6. The molecule has 4 heteroatoms. The molecular weight excluding hydrogens is 360 g/mol. The molecule has 0 spiro atoms. The molecule has 2 aromatic rings. The first-order valence-corrected chi connectivity index (χ1v) is 11.3. The summed E-state index contributed by atoms with van der Waals surface area (Å²) in [5.74, 6) is -0.490. The number of carbonyl (C=O) groups excluding carboxylic acids is 1. The van der Waals surface area contributed by atoms with Crippen molar-refractivity contribution in [2.45, 2.75) is 37.6 Å². The van der Waals surface area contributed by atoms with E-state index in [4.69, 9.17) is 4.74 Å². The van der Waals surface area contributed by atoms with Gasteiger partial charge in [-0.3, -0.25) is 4.79 Å². The molecule has 2 fully saturated rings. The average molecular weight is 395 g/mol. The van der Waals surface area contributed by atoms with Crippen LogP contribution in [0.4, 0.5) is 0 Å². The van der Waals surface area contributed by atoms with E-state index in [9.17, 15) is 4.79 Å². The Morgan fingerprint density at radius 1 is 0.897 bits per heavy atom. The zero-order valence-electron chi connectivity index (χ0n) is 17.3. The molecule has 0 aliphatic carbocycles. The van der Waals surface area contributed by atoms with Crippen molar-refractivity contribution in [2.75, 3.05) is 39.3 Å². The Bertz CT molecular complexity index is 725.